The largest absolute Gasteiger partial charge is 0.490 e. The average Bonchev–Trinajstić information content (AvgIpc) is 2.82. The standard InChI is InChI=1S/C15H20N2O3/c1-4-19-14-7-6-13(8-15(14)20-5-2)17-9-12(10-18)11(3)16-17/h6-9,18H,4-5,10H2,1-3H3. The molecule has 1 aromatic heterocycles. The molecule has 0 amide bonds. The summed E-state index contributed by atoms with van der Waals surface area (Å²) in [5.41, 5.74) is 2.51. The molecule has 5 heteroatoms. The molecule has 1 heterocycles. The summed E-state index contributed by atoms with van der Waals surface area (Å²) in [4.78, 5) is 0. The van der Waals surface area contributed by atoms with E-state index in [2.05, 4.69) is 5.10 Å². The van der Waals surface area contributed by atoms with E-state index in [-0.39, 0.29) is 6.61 Å². The van der Waals surface area contributed by atoms with Crippen molar-refractivity contribution in [2.24, 2.45) is 0 Å². The lowest BCUT2D eigenvalue weighted by Crippen LogP contribution is -2.01. The lowest BCUT2D eigenvalue weighted by atomic mass is 10.2. The van der Waals surface area contributed by atoms with Gasteiger partial charge in [-0.25, -0.2) is 4.68 Å². The van der Waals surface area contributed by atoms with Crippen molar-refractivity contribution < 1.29 is 14.6 Å². The Hall–Kier alpha value is -2.01. The summed E-state index contributed by atoms with van der Waals surface area (Å²) in [5.74, 6) is 1.43. The second-order valence-corrected chi connectivity index (χ2v) is 4.34. The fourth-order valence-electron chi connectivity index (χ4n) is 1.97. The highest BCUT2D eigenvalue weighted by molar-refractivity contribution is 5.49. The summed E-state index contributed by atoms with van der Waals surface area (Å²) >= 11 is 0. The van der Waals surface area contributed by atoms with E-state index in [1.165, 1.54) is 0 Å². The molecule has 0 radical (unpaired) electrons. The van der Waals surface area contributed by atoms with Gasteiger partial charge in [-0.2, -0.15) is 5.10 Å². The predicted octanol–water partition coefficient (Wildman–Crippen LogP) is 2.47. The number of aryl methyl sites for hydroxylation is 1. The fourth-order valence-corrected chi connectivity index (χ4v) is 1.97. The normalized spacial score (nSPS) is 10.6. The predicted molar refractivity (Wildman–Crippen MR) is 76.6 cm³/mol. The zero-order valence-corrected chi connectivity index (χ0v) is 12.1. The van der Waals surface area contributed by atoms with Crippen LogP contribution in [0, 0.1) is 6.92 Å². The Kier molecular flexibility index (Phi) is 4.63. The summed E-state index contributed by atoms with van der Waals surface area (Å²) < 4.78 is 12.9. The lowest BCUT2D eigenvalue weighted by Gasteiger charge is -2.12. The van der Waals surface area contributed by atoms with Crippen LogP contribution >= 0.6 is 0 Å². The van der Waals surface area contributed by atoms with E-state index in [0.717, 1.165) is 22.7 Å². The molecule has 2 rings (SSSR count). The quantitative estimate of drug-likeness (QED) is 0.880. The summed E-state index contributed by atoms with van der Waals surface area (Å²) in [6, 6.07) is 5.68. The molecule has 108 valence electrons. The maximum absolute atomic E-state index is 9.23. The molecular formula is C15H20N2O3. The number of hydrogen-bond acceptors (Lipinski definition) is 4. The van der Waals surface area contributed by atoms with E-state index in [1.807, 2.05) is 45.2 Å². The molecule has 0 saturated heterocycles. The van der Waals surface area contributed by atoms with Gasteiger partial charge in [0.2, 0.25) is 0 Å². The summed E-state index contributed by atoms with van der Waals surface area (Å²) in [5, 5.41) is 13.6. The van der Waals surface area contributed by atoms with Crippen LogP contribution in [0.25, 0.3) is 5.69 Å². The fraction of sp³-hybridized carbons (Fsp3) is 0.400. The third kappa shape index (κ3) is 2.93. The first-order valence-corrected chi connectivity index (χ1v) is 6.75. The minimum Gasteiger partial charge on any atom is -0.490 e. The zero-order valence-electron chi connectivity index (χ0n) is 12.1. The maximum Gasteiger partial charge on any atom is 0.163 e. The Labute approximate surface area is 118 Å². The van der Waals surface area contributed by atoms with Gasteiger partial charge in [-0.1, -0.05) is 0 Å². The first kappa shape index (κ1) is 14.4. The number of aliphatic hydroxyl groups excluding tert-OH is 1. The second-order valence-electron chi connectivity index (χ2n) is 4.34. The smallest absolute Gasteiger partial charge is 0.163 e. The van der Waals surface area contributed by atoms with E-state index >= 15 is 0 Å². The van der Waals surface area contributed by atoms with E-state index < -0.39 is 0 Å². The molecule has 0 aliphatic heterocycles. The summed E-state index contributed by atoms with van der Waals surface area (Å²) in [6.07, 6.45) is 1.82. The van der Waals surface area contributed by atoms with Crippen molar-refractivity contribution in [1.82, 2.24) is 9.78 Å². The monoisotopic (exact) mass is 276 g/mol. The molecule has 20 heavy (non-hydrogen) atoms. The molecule has 0 spiro atoms. The van der Waals surface area contributed by atoms with E-state index in [9.17, 15) is 5.11 Å². The molecule has 5 nitrogen and oxygen atoms in total. The Bertz CT molecular complexity index is 578. The highest BCUT2D eigenvalue weighted by Gasteiger charge is 2.10. The summed E-state index contributed by atoms with van der Waals surface area (Å²) in [6.45, 7) is 6.90. The molecule has 0 aliphatic rings. The van der Waals surface area contributed by atoms with Gasteiger partial charge in [0.25, 0.3) is 0 Å². The van der Waals surface area contributed by atoms with E-state index in [1.54, 1.807) is 4.68 Å². The Morgan fingerprint density at radius 1 is 1.15 bits per heavy atom. The second kappa shape index (κ2) is 6.43. The van der Waals surface area contributed by atoms with Gasteiger partial charge < -0.3 is 14.6 Å². The topological polar surface area (TPSA) is 56.5 Å². The molecular weight excluding hydrogens is 256 g/mol. The number of hydrogen-bond donors (Lipinski definition) is 1. The Balaban J connectivity index is 2.38. The van der Waals surface area contributed by atoms with Crippen LogP contribution < -0.4 is 9.47 Å². The van der Waals surface area contributed by atoms with E-state index in [4.69, 9.17) is 9.47 Å². The SMILES string of the molecule is CCOc1ccc(-n2cc(CO)c(C)n2)cc1OCC. The third-order valence-electron chi connectivity index (χ3n) is 2.96. The minimum absolute atomic E-state index is 0.0127. The molecule has 0 aliphatic carbocycles. The van der Waals surface area contributed by atoms with Crippen molar-refractivity contribution in [3.63, 3.8) is 0 Å². The van der Waals surface area contributed by atoms with Crippen molar-refractivity contribution in [3.05, 3.63) is 35.7 Å². The molecule has 0 bridgehead atoms. The van der Waals surface area contributed by atoms with Crippen molar-refractivity contribution >= 4 is 0 Å². The van der Waals surface area contributed by atoms with E-state index in [0.29, 0.717) is 19.0 Å². The van der Waals surface area contributed by atoms with Crippen LogP contribution in [0.15, 0.2) is 24.4 Å². The lowest BCUT2D eigenvalue weighted by molar-refractivity contribution is 0.281. The van der Waals surface area contributed by atoms with Gasteiger partial charge in [-0.15, -0.1) is 0 Å². The van der Waals surface area contributed by atoms with Crippen molar-refractivity contribution in [3.8, 4) is 17.2 Å². The van der Waals surface area contributed by atoms with Gasteiger partial charge in [-0.3, -0.25) is 0 Å². The van der Waals surface area contributed by atoms with Crippen molar-refractivity contribution in [2.75, 3.05) is 13.2 Å². The molecule has 0 fully saturated rings. The molecule has 1 aromatic carbocycles. The minimum atomic E-state index is -0.0127. The third-order valence-corrected chi connectivity index (χ3v) is 2.96. The van der Waals surface area contributed by atoms with Crippen LogP contribution in [-0.4, -0.2) is 28.1 Å². The van der Waals surface area contributed by atoms with Gasteiger partial charge >= 0.3 is 0 Å². The highest BCUT2D eigenvalue weighted by Crippen LogP contribution is 2.30. The zero-order chi connectivity index (χ0) is 14.5. The summed E-state index contributed by atoms with van der Waals surface area (Å²) in [7, 11) is 0. The van der Waals surface area contributed by atoms with Gasteiger partial charge in [0.1, 0.15) is 0 Å². The van der Waals surface area contributed by atoms with Crippen LogP contribution in [0.4, 0.5) is 0 Å². The molecule has 0 atom stereocenters. The van der Waals surface area contributed by atoms with Crippen LogP contribution in [-0.2, 0) is 6.61 Å². The number of ether oxygens (including phenoxy) is 2. The van der Waals surface area contributed by atoms with Gasteiger partial charge in [0.15, 0.2) is 11.5 Å². The van der Waals surface area contributed by atoms with Crippen LogP contribution in [0.5, 0.6) is 11.5 Å². The maximum atomic E-state index is 9.23. The first-order chi connectivity index (χ1) is 9.69. The first-order valence-electron chi connectivity index (χ1n) is 6.75. The number of aliphatic hydroxyl groups is 1. The Morgan fingerprint density at radius 3 is 2.45 bits per heavy atom. The van der Waals surface area contributed by atoms with Crippen LogP contribution in [0.2, 0.25) is 0 Å². The van der Waals surface area contributed by atoms with Crippen LogP contribution in [0.1, 0.15) is 25.1 Å². The molecule has 0 unspecified atom stereocenters. The van der Waals surface area contributed by atoms with Gasteiger partial charge in [-0.05, 0) is 32.9 Å². The van der Waals surface area contributed by atoms with Crippen molar-refractivity contribution in [1.29, 1.82) is 0 Å². The Morgan fingerprint density at radius 2 is 1.85 bits per heavy atom. The van der Waals surface area contributed by atoms with Gasteiger partial charge in [0, 0.05) is 17.8 Å². The molecule has 0 saturated carbocycles. The molecule has 1 N–H and O–H groups in total. The average molecular weight is 276 g/mol. The number of nitrogens with zero attached hydrogens (tertiary/aromatic N) is 2. The van der Waals surface area contributed by atoms with Gasteiger partial charge in [0.05, 0.1) is 31.2 Å². The molecule has 2 aromatic rings. The van der Waals surface area contributed by atoms with Crippen LogP contribution in [0.3, 0.4) is 0 Å². The highest BCUT2D eigenvalue weighted by atomic mass is 16.5. The number of aromatic nitrogens is 2. The van der Waals surface area contributed by atoms with Crippen molar-refractivity contribution in [2.45, 2.75) is 27.4 Å². The number of benzene rings is 1. The number of rotatable bonds is 6.